The normalized spacial score (nSPS) is 13.0. The van der Waals surface area contributed by atoms with Gasteiger partial charge in [0.25, 0.3) is 0 Å². The molecule has 0 spiro atoms. The summed E-state index contributed by atoms with van der Waals surface area (Å²) in [7, 11) is 1.90. The van der Waals surface area contributed by atoms with Gasteiger partial charge in [-0.2, -0.15) is 0 Å². The van der Waals surface area contributed by atoms with Crippen molar-refractivity contribution >= 4 is 15.9 Å². The Morgan fingerprint density at radius 2 is 2.50 bits per heavy atom. The first-order chi connectivity index (χ1) is 4.84. The van der Waals surface area contributed by atoms with E-state index in [4.69, 9.17) is 0 Å². The van der Waals surface area contributed by atoms with Gasteiger partial charge < -0.3 is 5.32 Å². The summed E-state index contributed by atoms with van der Waals surface area (Å²) >= 11 is 3.43. The van der Waals surface area contributed by atoms with E-state index in [0.29, 0.717) is 0 Å². The van der Waals surface area contributed by atoms with E-state index >= 15 is 0 Å². The number of rotatable bonds is 2. The summed E-state index contributed by atoms with van der Waals surface area (Å²) in [5.41, 5.74) is 1.14. The molecular formula is C7H9BrN2. The molecule has 0 amide bonds. The molecule has 1 rings (SSSR count). The molecule has 1 atom stereocenters. The molecule has 0 radical (unpaired) electrons. The fourth-order valence-corrected chi connectivity index (χ4v) is 0.963. The van der Waals surface area contributed by atoms with Crippen molar-refractivity contribution < 1.29 is 0 Å². The topological polar surface area (TPSA) is 24.9 Å². The molecule has 0 aliphatic heterocycles. The van der Waals surface area contributed by atoms with Crippen LogP contribution in [0.25, 0.3) is 0 Å². The second-order valence-corrected chi connectivity index (χ2v) is 2.85. The Kier molecular flexibility index (Phi) is 2.83. The Balaban J connectivity index is 2.75. The second-order valence-electron chi connectivity index (χ2n) is 1.94. The van der Waals surface area contributed by atoms with Crippen LogP contribution in [0, 0.1) is 0 Å². The highest BCUT2D eigenvalue weighted by Crippen LogP contribution is 2.16. The van der Waals surface area contributed by atoms with Crippen molar-refractivity contribution in [2.75, 3.05) is 7.05 Å². The molecule has 1 aromatic rings. The molecule has 10 heavy (non-hydrogen) atoms. The Hall–Kier alpha value is -0.410. The van der Waals surface area contributed by atoms with Crippen LogP contribution in [0.4, 0.5) is 0 Å². The third kappa shape index (κ3) is 1.78. The number of hydrogen-bond acceptors (Lipinski definition) is 2. The van der Waals surface area contributed by atoms with Crippen LogP contribution in [0.2, 0.25) is 0 Å². The lowest BCUT2D eigenvalue weighted by atomic mass is 10.3. The van der Waals surface area contributed by atoms with E-state index in [9.17, 15) is 0 Å². The third-order valence-corrected chi connectivity index (χ3v) is 2.22. The SMILES string of the molecule is CNC(Br)c1cccnc1. The number of nitrogens with one attached hydrogen (secondary N) is 1. The smallest absolute Gasteiger partial charge is 0.0899 e. The van der Waals surface area contributed by atoms with Gasteiger partial charge in [0, 0.05) is 12.4 Å². The van der Waals surface area contributed by atoms with Crippen LogP contribution < -0.4 is 5.32 Å². The van der Waals surface area contributed by atoms with E-state index in [-0.39, 0.29) is 4.95 Å². The maximum Gasteiger partial charge on any atom is 0.0899 e. The Labute approximate surface area is 68.8 Å². The molecule has 0 fully saturated rings. The molecule has 0 bridgehead atoms. The number of pyridine rings is 1. The zero-order valence-corrected chi connectivity index (χ0v) is 7.30. The molecule has 0 saturated heterocycles. The molecule has 1 aromatic heterocycles. The monoisotopic (exact) mass is 200 g/mol. The minimum Gasteiger partial charge on any atom is -0.304 e. The summed E-state index contributed by atoms with van der Waals surface area (Å²) in [6, 6.07) is 3.93. The van der Waals surface area contributed by atoms with Gasteiger partial charge in [0.1, 0.15) is 0 Å². The van der Waals surface area contributed by atoms with Crippen LogP contribution in [-0.2, 0) is 0 Å². The van der Waals surface area contributed by atoms with Gasteiger partial charge in [-0.3, -0.25) is 4.98 Å². The summed E-state index contributed by atoms with van der Waals surface area (Å²) < 4.78 is 0. The number of alkyl halides is 1. The quantitative estimate of drug-likeness (QED) is 0.581. The minimum absolute atomic E-state index is 0.209. The fourth-order valence-electron chi connectivity index (χ4n) is 0.693. The molecule has 0 aliphatic rings. The van der Waals surface area contributed by atoms with Gasteiger partial charge in [-0.1, -0.05) is 22.0 Å². The van der Waals surface area contributed by atoms with Crippen LogP contribution in [-0.4, -0.2) is 12.0 Å². The minimum atomic E-state index is 0.209. The molecule has 0 aliphatic carbocycles. The molecule has 54 valence electrons. The zero-order valence-electron chi connectivity index (χ0n) is 5.71. The molecule has 1 heterocycles. The van der Waals surface area contributed by atoms with Crippen molar-refractivity contribution in [3.63, 3.8) is 0 Å². The first-order valence-corrected chi connectivity index (χ1v) is 3.97. The number of halogens is 1. The van der Waals surface area contributed by atoms with Gasteiger partial charge in [0.15, 0.2) is 0 Å². The number of nitrogens with zero attached hydrogens (tertiary/aromatic N) is 1. The van der Waals surface area contributed by atoms with E-state index in [1.165, 1.54) is 0 Å². The predicted octanol–water partition coefficient (Wildman–Crippen LogP) is 1.69. The standard InChI is InChI=1S/C7H9BrN2/c1-9-7(8)6-3-2-4-10-5-6/h2-5,7,9H,1H3. The first kappa shape index (κ1) is 7.69. The average molecular weight is 201 g/mol. The zero-order chi connectivity index (χ0) is 7.40. The maximum absolute atomic E-state index is 3.98. The lowest BCUT2D eigenvalue weighted by Crippen LogP contribution is -2.09. The second kappa shape index (κ2) is 3.68. The lowest BCUT2D eigenvalue weighted by molar-refractivity contribution is 0.804. The predicted molar refractivity (Wildman–Crippen MR) is 45.0 cm³/mol. The van der Waals surface area contributed by atoms with Gasteiger partial charge in [-0.15, -0.1) is 0 Å². The van der Waals surface area contributed by atoms with Gasteiger partial charge >= 0.3 is 0 Å². The van der Waals surface area contributed by atoms with Crippen LogP contribution in [0.3, 0.4) is 0 Å². The molecule has 1 N–H and O–H groups in total. The highest BCUT2D eigenvalue weighted by molar-refractivity contribution is 9.09. The third-order valence-electron chi connectivity index (χ3n) is 1.23. The van der Waals surface area contributed by atoms with Crippen molar-refractivity contribution in [1.82, 2.24) is 10.3 Å². The van der Waals surface area contributed by atoms with Crippen molar-refractivity contribution in [3.05, 3.63) is 30.1 Å². The van der Waals surface area contributed by atoms with E-state index in [0.717, 1.165) is 5.56 Å². The summed E-state index contributed by atoms with van der Waals surface area (Å²) in [6.07, 6.45) is 3.59. The van der Waals surface area contributed by atoms with E-state index in [1.807, 2.05) is 25.4 Å². The lowest BCUT2D eigenvalue weighted by Gasteiger charge is -2.06. The summed E-state index contributed by atoms with van der Waals surface area (Å²) in [5.74, 6) is 0. The highest BCUT2D eigenvalue weighted by atomic mass is 79.9. The number of aromatic nitrogens is 1. The summed E-state index contributed by atoms with van der Waals surface area (Å²) in [5, 5.41) is 3.06. The average Bonchev–Trinajstić information content (AvgIpc) is 2.05. The summed E-state index contributed by atoms with van der Waals surface area (Å²) in [6.45, 7) is 0. The van der Waals surface area contributed by atoms with Crippen LogP contribution in [0.1, 0.15) is 10.5 Å². The van der Waals surface area contributed by atoms with Gasteiger partial charge in [0.2, 0.25) is 0 Å². The van der Waals surface area contributed by atoms with Crippen molar-refractivity contribution in [2.24, 2.45) is 0 Å². The Bertz CT molecular complexity index is 188. The first-order valence-electron chi connectivity index (χ1n) is 3.06. The van der Waals surface area contributed by atoms with Gasteiger partial charge in [0.05, 0.1) is 4.95 Å². The highest BCUT2D eigenvalue weighted by Gasteiger charge is 2.00. The molecular weight excluding hydrogens is 192 g/mol. The van der Waals surface area contributed by atoms with Gasteiger partial charge in [-0.25, -0.2) is 0 Å². The molecule has 0 saturated carbocycles. The van der Waals surface area contributed by atoms with Gasteiger partial charge in [-0.05, 0) is 18.7 Å². The van der Waals surface area contributed by atoms with Crippen LogP contribution in [0.15, 0.2) is 24.5 Å². The molecule has 2 nitrogen and oxygen atoms in total. The van der Waals surface area contributed by atoms with Crippen molar-refractivity contribution in [3.8, 4) is 0 Å². The molecule has 3 heteroatoms. The largest absolute Gasteiger partial charge is 0.304 e. The van der Waals surface area contributed by atoms with Crippen molar-refractivity contribution in [1.29, 1.82) is 0 Å². The Morgan fingerprint density at radius 3 is 3.00 bits per heavy atom. The fraction of sp³-hybridized carbons (Fsp3) is 0.286. The summed E-state index contributed by atoms with van der Waals surface area (Å²) in [4.78, 5) is 4.19. The van der Waals surface area contributed by atoms with E-state index in [2.05, 4.69) is 26.2 Å². The maximum atomic E-state index is 3.98. The van der Waals surface area contributed by atoms with Crippen LogP contribution in [0.5, 0.6) is 0 Å². The molecule has 0 aromatic carbocycles. The van der Waals surface area contributed by atoms with E-state index < -0.39 is 0 Å². The van der Waals surface area contributed by atoms with Crippen LogP contribution >= 0.6 is 15.9 Å². The van der Waals surface area contributed by atoms with E-state index in [1.54, 1.807) is 6.20 Å². The Morgan fingerprint density at radius 1 is 1.70 bits per heavy atom. The number of hydrogen-bond donors (Lipinski definition) is 1. The van der Waals surface area contributed by atoms with Crippen molar-refractivity contribution in [2.45, 2.75) is 4.95 Å². The molecule has 1 unspecified atom stereocenters.